The molecule has 2 heterocycles. The molecule has 1 fully saturated rings. The Kier molecular flexibility index (Phi) is 3.67. The van der Waals surface area contributed by atoms with Gasteiger partial charge in [-0.2, -0.15) is 11.8 Å². The minimum atomic E-state index is -0.380. The van der Waals surface area contributed by atoms with E-state index in [0.29, 0.717) is 10.5 Å². The number of benzene rings is 1. The van der Waals surface area contributed by atoms with Crippen LogP contribution in [0, 0.1) is 10.1 Å². The minimum absolute atomic E-state index is 0.0689. The van der Waals surface area contributed by atoms with Gasteiger partial charge in [-0.25, -0.2) is 4.98 Å². The predicted octanol–water partition coefficient (Wildman–Crippen LogP) is 3.35. The van der Waals surface area contributed by atoms with E-state index in [-0.39, 0.29) is 10.6 Å². The van der Waals surface area contributed by atoms with E-state index in [2.05, 4.69) is 9.88 Å². The van der Waals surface area contributed by atoms with E-state index in [9.17, 15) is 10.1 Å². The highest BCUT2D eigenvalue weighted by atomic mass is 35.5. The molecular weight excluding hydrogens is 298 g/mol. The Hall–Kier alpha value is -1.53. The average molecular weight is 310 g/mol. The normalized spacial score (nSPS) is 15.6. The zero-order valence-corrected chi connectivity index (χ0v) is 12.2. The Morgan fingerprint density at radius 1 is 1.30 bits per heavy atom. The standard InChI is InChI=1S/C13H12ClN3O2S/c14-12-8-10-9(2-1-3-11(10)17(18)19)13(15-12)16-4-6-20-7-5-16/h1-3,8H,4-7H2. The van der Waals surface area contributed by atoms with Gasteiger partial charge in [-0.1, -0.05) is 23.7 Å². The number of thioether (sulfide) groups is 1. The van der Waals surface area contributed by atoms with Crippen LogP contribution in [-0.4, -0.2) is 34.5 Å². The Labute approximate surface area is 125 Å². The molecule has 0 atom stereocenters. The molecule has 2 aromatic rings. The fraction of sp³-hybridized carbons (Fsp3) is 0.308. The monoisotopic (exact) mass is 309 g/mol. The molecule has 1 aromatic carbocycles. The highest BCUT2D eigenvalue weighted by Gasteiger charge is 2.20. The van der Waals surface area contributed by atoms with Crippen LogP contribution in [0.4, 0.5) is 11.5 Å². The van der Waals surface area contributed by atoms with Crippen LogP contribution < -0.4 is 4.90 Å². The van der Waals surface area contributed by atoms with E-state index < -0.39 is 0 Å². The number of anilines is 1. The smallest absolute Gasteiger partial charge is 0.277 e. The molecule has 0 radical (unpaired) electrons. The van der Waals surface area contributed by atoms with Gasteiger partial charge < -0.3 is 4.90 Å². The summed E-state index contributed by atoms with van der Waals surface area (Å²) in [5.74, 6) is 2.81. The van der Waals surface area contributed by atoms with Crippen molar-refractivity contribution >= 4 is 45.6 Å². The average Bonchev–Trinajstić information content (AvgIpc) is 2.46. The van der Waals surface area contributed by atoms with Crippen molar-refractivity contribution in [2.45, 2.75) is 0 Å². The molecule has 0 spiro atoms. The van der Waals surface area contributed by atoms with E-state index >= 15 is 0 Å². The van der Waals surface area contributed by atoms with Crippen molar-refractivity contribution in [3.05, 3.63) is 39.5 Å². The quantitative estimate of drug-likeness (QED) is 0.484. The Morgan fingerprint density at radius 3 is 2.75 bits per heavy atom. The van der Waals surface area contributed by atoms with Crippen LogP contribution in [0.25, 0.3) is 10.8 Å². The van der Waals surface area contributed by atoms with E-state index in [1.165, 1.54) is 6.07 Å². The van der Waals surface area contributed by atoms with Gasteiger partial charge in [0.1, 0.15) is 11.0 Å². The van der Waals surface area contributed by atoms with E-state index in [1.54, 1.807) is 12.1 Å². The molecule has 1 aromatic heterocycles. The van der Waals surface area contributed by atoms with E-state index in [0.717, 1.165) is 35.8 Å². The Balaban J connectivity index is 2.21. The van der Waals surface area contributed by atoms with Crippen LogP contribution in [0.3, 0.4) is 0 Å². The molecule has 7 heteroatoms. The molecule has 0 amide bonds. The summed E-state index contributed by atoms with van der Waals surface area (Å²) in [6.07, 6.45) is 0. The number of non-ortho nitro benzene ring substituents is 1. The van der Waals surface area contributed by atoms with Crippen LogP contribution in [0.2, 0.25) is 5.15 Å². The van der Waals surface area contributed by atoms with Gasteiger partial charge >= 0.3 is 0 Å². The molecule has 0 unspecified atom stereocenters. The molecule has 20 heavy (non-hydrogen) atoms. The number of halogens is 1. The molecule has 104 valence electrons. The number of hydrogen-bond donors (Lipinski definition) is 0. The lowest BCUT2D eigenvalue weighted by atomic mass is 10.1. The third-order valence-corrected chi connectivity index (χ3v) is 4.44. The minimum Gasteiger partial charge on any atom is -0.354 e. The summed E-state index contributed by atoms with van der Waals surface area (Å²) in [6, 6.07) is 6.62. The number of nitro benzene ring substituents is 1. The molecule has 3 rings (SSSR count). The largest absolute Gasteiger partial charge is 0.354 e. The van der Waals surface area contributed by atoms with Gasteiger partial charge in [-0.3, -0.25) is 10.1 Å². The molecule has 1 saturated heterocycles. The second kappa shape index (κ2) is 5.46. The SMILES string of the molecule is O=[N+]([O-])c1cccc2c(N3CCSCC3)nc(Cl)cc12. The second-order valence-electron chi connectivity index (χ2n) is 4.50. The fourth-order valence-electron chi connectivity index (χ4n) is 2.39. The second-order valence-corrected chi connectivity index (χ2v) is 6.11. The third-order valence-electron chi connectivity index (χ3n) is 3.31. The number of hydrogen-bond acceptors (Lipinski definition) is 5. The molecule has 1 aliphatic rings. The van der Waals surface area contributed by atoms with Crippen LogP contribution in [0.1, 0.15) is 0 Å². The van der Waals surface area contributed by atoms with Crippen molar-refractivity contribution in [1.82, 2.24) is 4.98 Å². The Bertz CT molecular complexity index is 674. The molecule has 5 nitrogen and oxygen atoms in total. The molecule has 0 aliphatic carbocycles. The lowest BCUT2D eigenvalue weighted by molar-refractivity contribution is -0.383. The lowest BCUT2D eigenvalue weighted by Crippen LogP contribution is -2.33. The summed E-state index contributed by atoms with van der Waals surface area (Å²) in [6.45, 7) is 1.77. The number of nitrogens with zero attached hydrogens (tertiary/aromatic N) is 3. The van der Waals surface area contributed by atoms with Gasteiger partial charge in [-0.05, 0) is 6.07 Å². The molecule has 0 saturated carbocycles. The van der Waals surface area contributed by atoms with Crippen LogP contribution >= 0.6 is 23.4 Å². The zero-order chi connectivity index (χ0) is 14.1. The van der Waals surface area contributed by atoms with Crippen molar-refractivity contribution in [3.8, 4) is 0 Å². The van der Waals surface area contributed by atoms with Gasteiger partial charge in [0.2, 0.25) is 0 Å². The summed E-state index contributed by atoms with van der Waals surface area (Å²) in [5.41, 5.74) is 0.0689. The van der Waals surface area contributed by atoms with Crippen molar-refractivity contribution in [2.24, 2.45) is 0 Å². The van der Waals surface area contributed by atoms with E-state index in [1.807, 2.05) is 17.8 Å². The summed E-state index contributed by atoms with van der Waals surface area (Å²) in [7, 11) is 0. The fourth-order valence-corrected chi connectivity index (χ4v) is 3.48. The van der Waals surface area contributed by atoms with Crippen molar-refractivity contribution < 1.29 is 4.92 Å². The molecule has 1 aliphatic heterocycles. The molecule has 0 bridgehead atoms. The van der Waals surface area contributed by atoms with Crippen molar-refractivity contribution in [2.75, 3.05) is 29.5 Å². The number of aromatic nitrogens is 1. The summed E-state index contributed by atoms with van der Waals surface area (Å²) < 4.78 is 0. The molecule has 0 N–H and O–H groups in total. The van der Waals surface area contributed by atoms with E-state index in [4.69, 9.17) is 11.6 Å². The first-order valence-electron chi connectivity index (χ1n) is 6.23. The van der Waals surface area contributed by atoms with Gasteiger partial charge in [-0.15, -0.1) is 0 Å². The van der Waals surface area contributed by atoms with Gasteiger partial charge in [0.05, 0.1) is 10.3 Å². The number of pyridine rings is 1. The van der Waals surface area contributed by atoms with Gasteiger partial charge in [0.25, 0.3) is 5.69 Å². The van der Waals surface area contributed by atoms with Crippen LogP contribution in [0.5, 0.6) is 0 Å². The topological polar surface area (TPSA) is 59.3 Å². The Morgan fingerprint density at radius 2 is 2.05 bits per heavy atom. The maximum Gasteiger partial charge on any atom is 0.277 e. The maximum atomic E-state index is 11.1. The van der Waals surface area contributed by atoms with Crippen LogP contribution in [-0.2, 0) is 0 Å². The highest BCUT2D eigenvalue weighted by Crippen LogP contribution is 2.34. The highest BCUT2D eigenvalue weighted by molar-refractivity contribution is 7.99. The first kappa shape index (κ1) is 13.5. The third kappa shape index (κ3) is 2.41. The lowest BCUT2D eigenvalue weighted by Gasteiger charge is -2.28. The summed E-state index contributed by atoms with van der Waals surface area (Å²) in [5, 5.41) is 12.8. The first-order valence-corrected chi connectivity index (χ1v) is 7.76. The number of nitro groups is 1. The summed E-state index contributed by atoms with van der Waals surface area (Å²) >= 11 is 7.95. The van der Waals surface area contributed by atoms with Crippen molar-refractivity contribution in [1.29, 1.82) is 0 Å². The molecular formula is C13H12ClN3O2S. The number of rotatable bonds is 2. The van der Waals surface area contributed by atoms with Gasteiger partial charge in [0, 0.05) is 36.0 Å². The first-order chi connectivity index (χ1) is 9.66. The zero-order valence-electron chi connectivity index (χ0n) is 10.6. The number of fused-ring (bicyclic) bond motifs is 1. The van der Waals surface area contributed by atoms with Gasteiger partial charge in [0.15, 0.2) is 0 Å². The summed E-state index contributed by atoms with van der Waals surface area (Å²) in [4.78, 5) is 17.3. The van der Waals surface area contributed by atoms with Crippen molar-refractivity contribution in [3.63, 3.8) is 0 Å². The predicted molar refractivity (Wildman–Crippen MR) is 82.9 cm³/mol. The van der Waals surface area contributed by atoms with Crippen LogP contribution in [0.15, 0.2) is 24.3 Å². The maximum absolute atomic E-state index is 11.1.